The van der Waals surface area contributed by atoms with Crippen molar-refractivity contribution in [1.29, 1.82) is 0 Å². The number of nitrogens with two attached hydrogens (primary N) is 1. The number of halogens is 3. The molecule has 88 valence electrons. The molecular formula is C10H7Br2ClN4. The third-order valence-electron chi connectivity index (χ3n) is 1.95. The van der Waals surface area contributed by atoms with E-state index >= 15 is 0 Å². The second-order valence-corrected chi connectivity index (χ2v) is 5.29. The molecule has 0 aliphatic rings. The average molecular weight is 378 g/mol. The molecule has 1 aromatic heterocycles. The van der Waals surface area contributed by atoms with Crippen LogP contribution in [0.2, 0.25) is 5.02 Å². The molecule has 1 heterocycles. The lowest BCUT2D eigenvalue weighted by Crippen LogP contribution is -2.00. The summed E-state index contributed by atoms with van der Waals surface area (Å²) in [6.07, 6.45) is 1.59. The molecule has 2 aromatic rings. The topological polar surface area (TPSA) is 63.8 Å². The first-order chi connectivity index (χ1) is 8.06. The van der Waals surface area contributed by atoms with Crippen LogP contribution in [0, 0.1) is 0 Å². The van der Waals surface area contributed by atoms with Crippen LogP contribution in [0.25, 0.3) is 0 Å². The van der Waals surface area contributed by atoms with Gasteiger partial charge in [0, 0.05) is 16.4 Å². The van der Waals surface area contributed by atoms with E-state index in [9.17, 15) is 0 Å². The number of rotatable bonds is 2. The first kappa shape index (κ1) is 12.6. The van der Waals surface area contributed by atoms with Crippen molar-refractivity contribution in [2.24, 2.45) is 0 Å². The van der Waals surface area contributed by atoms with Crippen molar-refractivity contribution < 1.29 is 0 Å². The summed E-state index contributed by atoms with van der Waals surface area (Å²) in [6, 6.07) is 5.48. The second kappa shape index (κ2) is 5.20. The fourth-order valence-electron chi connectivity index (χ4n) is 1.18. The third kappa shape index (κ3) is 3.08. The molecule has 2 rings (SSSR count). The smallest absolute Gasteiger partial charge is 0.222 e. The maximum atomic E-state index is 5.91. The highest BCUT2D eigenvalue weighted by Crippen LogP contribution is 2.29. The summed E-state index contributed by atoms with van der Waals surface area (Å²) in [5.74, 6) is 0.815. The first-order valence-corrected chi connectivity index (χ1v) is 6.53. The summed E-state index contributed by atoms with van der Waals surface area (Å²) < 4.78 is 1.54. The highest BCUT2D eigenvalue weighted by atomic mass is 79.9. The van der Waals surface area contributed by atoms with Crippen molar-refractivity contribution in [3.05, 3.63) is 38.4 Å². The number of nitrogen functional groups attached to an aromatic ring is 1. The van der Waals surface area contributed by atoms with Crippen molar-refractivity contribution in [3.63, 3.8) is 0 Å². The van der Waals surface area contributed by atoms with Crippen molar-refractivity contribution in [2.45, 2.75) is 0 Å². The normalized spacial score (nSPS) is 10.3. The molecule has 0 amide bonds. The van der Waals surface area contributed by atoms with Crippen LogP contribution in [0.3, 0.4) is 0 Å². The maximum Gasteiger partial charge on any atom is 0.222 e. The molecule has 0 aliphatic carbocycles. The number of hydrogen-bond donors (Lipinski definition) is 2. The van der Waals surface area contributed by atoms with Gasteiger partial charge in [0.05, 0.1) is 9.50 Å². The van der Waals surface area contributed by atoms with Gasteiger partial charge in [-0.2, -0.15) is 4.98 Å². The van der Waals surface area contributed by atoms with Gasteiger partial charge in [-0.15, -0.1) is 0 Å². The zero-order chi connectivity index (χ0) is 12.4. The fraction of sp³-hybridized carbons (Fsp3) is 0. The van der Waals surface area contributed by atoms with Gasteiger partial charge in [0.2, 0.25) is 5.95 Å². The Morgan fingerprint density at radius 1 is 1.24 bits per heavy atom. The SMILES string of the molecule is Nc1ncc(Br)c(Nc2ccc(Cl)c(Br)c2)n1. The van der Waals surface area contributed by atoms with E-state index < -0.39 is 0 Å². The highest BCUT2D eigenvalue weighted by Gasteiger charge is 2.05. The first-order valence-electron chi connectivity index (χ1n) is 4.56. The van der Waals surface area contributed by atoms with Gasteiger partial charge in [-0.05, 0) is 50.1 Å². The maximum absolute atomic E-state index is 5.91. The van der Waals surface area contributed by atoms with Crippen LogP contribution in [0.15, 0.2) is 33.3 Å². The molecule has 0 atom stereocenters. The molecule has 0 spiro atoms. The fourth-order valence-corrected chi connectivity index (χ4v) is 1.97. The van der Waals surface area contributed by atoms with Crippen molar-refractivity contribution in [1.82, 2.24) is 9.97 Å². The molecule has 3 N–H and O–H groups in total. The molecule has 7 heteroatoms. The van der Waals surface area contributed by atoms with Gasteiger partial charge in [0.25, 0.3) is 0 Å². The largest absolute Gasteiger partial charge is 0.368 e. The molecule has 17 heavy (non-hydrogen) atoms. The minimum Gasteiger partial charge on any atom is -0.368 e. The van der Waals surface area contributed by atoms with E-state index in [2.05, 4.69) is 47.1 Å². The van der Waals surface area contributed by atoms with Gasteiger partial charge >= 0.3 is 0 Å². The van der Waals surface area contributed by atoms with Crippen LogP contribution in [-0.2, 0) is 0 Å². The van der Waals surface area contributed by atoms with Crippen molar-refractivity contribution >= 4 is 60.9 Å². The predicted octanol–water partition coefficient (Wildman–Crippen LogP) is 3.98. The average Bonchev–Trinajstić information content (AvgIpc) is 2.29. The Morgan fingerprint density at radius 3 is 2.71 bits per heavy atom. The van der Waals surface area contributed by atoms with Crippen LogP contribution < -0.4 is 11.1 Å². The lowest BCUT2D eigenvalue weighted by Gasteiger charge is -2.08. The third-order valence-corrected chi connectivity index (χ3v) is 3.74. The van der Waals surface area contributed by atoms with E-state index in [0.29, 0.717) is 10.8 Å². The van der Waals surface area contributed by atoms with Crippen LogP contribution in [0.1, 0.15) is 0 Å². The summed E-state index contributed by atoms with van der Waals surface area (Å²) >= 11 is 12.6. The Labute approximate surface area is 120 Å². The van der Waals surface area contributed by atoms with Crippen LogP contribution in [-0.4, -0.2) is 9.97 Å². The van der Waals surface area contributed by atoms with Crippen LogP contribution in [0.5, 0.6) is 0 Å². The lowest BCUT2D eigenvalue weighted by molar-refractivity contribution is 1.17. The number of aromatic nitrogens is 2. The van der Waals surface area contributed by atoms with Gasteiger partial charge in [-0.3, -0.25) is 0 Å². The van der Waals surface area contributed by atoms with E-state index in [4.69, 9.17) is 17.3 Å². The van der Waals surface area contributed by atoms with Gasteiger partial charge in [-0.25, -0.2) is 4.98 Å². The summed E-state index contributed by atoms with van der Waals surface area (Å²) in [4.78, 5) is 7.94. The van der Waals surface area contributed by atoms with Gasteiger partial charge in [0.1, 0.15) is 5.82 Å². The number of hydrogen-bond acceptors (Lipinski definition) is 4. The van der Waals surface area contributed by atoms with Gasteiger partial charge in [0.15, 0.2) is 0 Å². The molecule has 0 aliphatic heterocycles. The monoisotopic (exact) mass is 376 g/mol. The molecule has 0 saturated carbocycles. The summed E-state index contributed by atoms with van der Waals surface area (Å²) in [5, 5.41) is 3.76. The van der Waals surface area contributed by atoms with E-state index in [-0.39, 0.29) is 5.95 Å². The molecular weight excluding hydrogens is 371 g/mol. The minimum absolute atomic E-state index is 0.212. The highest BCUT2D eigenvalue weighted by molar-refractivity contribution is 9.11. The molecule has 1 aromatic carbocycles. The molecule has 0 saturated heterocycles. The molecule has 0 radical (unpaired) electrons. The molecule has 0 fully saturated rings. The Morgan fingerprint density at radius 2 is 2.00 bits per heavy atom. The van der Waals surface area contributed by atoms with E-state index in [1.807, 2.05) is 12.1 Å². The lowest BCUT2D eigenvalue weighted by atomic mass is 10.3. The van der Waals surface area contributed by atoms with E-state index in [1.165, 1.54) is 0 Å². The van der Waals surface area contributed by atoms with Gasteiger partial charge in [-0.1, -0.05) is 11.6 Å². The zero-order valence-electron chi connectivity index (χ0n) is 8.42. The Balaban J connectivity index is 2.31. The Kier molecular flexibility index (Phi) is 3.86. The molecule has 0 bridgehead atoms. The van der Waals surface area contributed by atoms with Crippen LogP contribution in [0.4, 0.5) is 17.5 Å². The second-order valence-electron chi connectivity index (χ2n) is 3.18. The molecule has 4 nitrogen and oxygen atoms in total. The summed E-state index contributed by atoms with van der Waals surface area (Å²) in [7, 11) is 0. The Bertz CT molecular complexity index is 562. The number of benzene rings is 1. The number of nitrogens with zero attached hydrogens (tertiary/aromatic N) is 2. The van der Waals surface area contributed by atoms with Gasteiger partial charge < -0.3 is 11.1 Å². The molecule has 0 unspecified atom stereocenters. The number of nitrogens with one attached hydrogen (secondary N) is 1. The van der Waals surface area contributed by atoms with Crippen molar-refractivity contribution in [3.8, 4) is 0 Å². The summed E-state index contributed by atoms with van der Waals surface area (Å²) in [5.41, 5.74) is 6.37. The Hall–Kier alpha value is -0.850. The predicted molar refractivity (Wildman–Crippen MR) is 76.6 cm³/mol. The van der Waals surface area contributed by atoms with E-state index in [1.54, 1.807) is 12.3 Å². The summed E-state index contributed by atoms with van der Waals surface area (Å²) in [6.45, 7) is 0. The van der Waals surface area contributed by atoms with Crippen LogP contribution >= 0.6 is 43.5 Å². The standard InChI is InChI=1S/C10H7Br2ClN4/c11-6-3-5(1-2-8(6)13)16-9-7(12)4-15-10(14)17-9/h1-4H,(H3,14,15,16,17). The van der Waals surface area contributed by atoms with E-state index in [0.717, 1.165) is 14.6 Å². The zero-order valence-corrected chi connectivity index (χ0v) is 12.3. The van der Waals surface area contributed by atoms with Crippen molar-refractivity contribution in [2.75, 3.05) is 11.1 Å². The number of anilines is 3. The quantitative estimate of drug-likeness (QED) is 0.830. The minimum atomic E-state index is 0.212.